The van der Waals surface area contributed by atoms with Crippen molar-refractivity contribution in [1.29, 1.82) is 0 Å². The maximum absolute atomic E-state index is 14.3. The summed E-state index contributed by atoms with van der Waals surface area (Å²) in [6.45, 7) is 18.9. The van der Waals surface area contributed by atoms with E-state index in [0.29, 0.717) is 12.0 Å². The summed E-state index contributed by atoms with van der Waals surface area (Å²) in [5, 5.41) is 0. The molecule has 0 spiro atoms. The monoisotopic (exact) mass is 344 g/mol. The van der Waals surface area contributed by atoms with Crippen LogP contribution in [0.5, 0.6) is 0 Å². The van der Waals surface area contributed by atoms with Crippen LogP contribution in [-0.2, 0) is 6.42 Å². The molecule has 0 radical (unpaired) electrons. The predicted molar refractivity (Wildman–Crippen MR) is 102 cm³/mol. The molecular weight excluding hydrogens is 314 g/mol. The van der Waals surface area contributed by atoms with Gasteiger partial charge < -0.3 is 0 Å². The maximum Gasteiger partial charge on any atom is 0.162 e. The number of halogens is 2. The van der Waals surface area contributed by atoms with E-state index >= 15 is 0 Å². The van der Waals surface area contributed by atoms with Crippen LogP contribution in [0.2, 0.25) is 0 Å². The Morgan fingerprint density at radius 2 is 1.64 bits per heavy atom. The minimum absolute atomic E-state index is 0.0982. The lowest BCUT2D eigenvalue weighted by Crippen LogP contribution is -2.36. The van der Waals surface area contributed by atoms with Crippen LogP contribution in [0.15, 0.2) is 53.6 Å². The molecule has 1 aliphatic rings. The summed E-state index contributed by atoms with van der Waals surface area (Å²) in [4.78, 5) is 0. The largest absolute Gasteiger partial charge is 0.204 e. The van der Waals surface area contributed by atoms with E-state index in [4.69, 9.17) is 0 Å². The van der Waals surface area contributed by atoms with Gasteiger partial charge in [-0.05, 0) is 68.1 Å². The van der Waals surface area contributed by atoms with E-state index in [-0.39, 0.29) is 10.8 Å². The molecule has 2 heteroatoms. The van der Waals surface area contributed by atoms with Gasteiger partial charge in [-0.1, -0.05) is 62.3 Å². The third kappa shape index (κ3) is 3.36. The van der Waals surface area contributed by atoms with E-state index < -0.39 is 11.6 Å². The number of hydrogen-bond donors (Lipinski definition) is 0. The highest BCUT2D eigenvalue weighted by Crippen LogP contribution is 2.59. The Morgan fingerprint density at radius 3 is 2.20 bits per heavy atom. The second-order valence-electron chi connectivity index (χ2n) is 8.20. The van der Waals surface area contributed by atoms with Crippen LogP contribution in [0.3, 0.4) is 0 Å². The maximum atomic E-state index is 14.3. The zero-order valence-corrected chi connectivity index (χ0v) is 16.2. The van der Waals surface area contributed by atoms with E-state index in [0.717, 1.165) is 36.0 Å². The molecule has 1 fully saturated rings. The van der Waals surface area contributed by atoms with Crippen molar-refractivity contribution in [2.45, 2.75) is 60.3 Å². The highest BCUT2D eigenvalue weighted by Gasteiger charge is 2.50. The van der Waals surface area contributed by atoms with Gasteiger partial charge in [0.2, 0.25) is 0 Å². The molecule has 136 valence electrons. The van der Waals surface area contributed by atoms with E-state index in [2.05, 4.69) is 33.9 Å². The highest BCUT2D eigenvalue weighted by molar-refractivity contribution is 5.48. The Hall–Kier alpha value is -1.70. The van der Waals surface area contributed by atoms with Crippen molar-refractivity contribution in [3.8, 4) is 0 Å². The van der Waals surface area contributed by atoms with Crippen molar-refractivity contribution < 1.29 is 8.78 Å². The molecule has 0 N–H and O–H groups in total. The second-order valence-corrected chi connectivity index (χ2v) is 8.20. The minimum atomic E-state index is -0.766. The Kier molecular flexibility index (Phi) is 5.41. The third-order valence-electron chi connectivity index (χ3n) is 6.41. The van der Waals surface area contributed by atoms with Crippen LogP contribution in [0.1, 0.15) is 59.4 Å². The van der Waals surface area contributed by atoms with Gasteiger partial charge in [-0.15, -0.1) is 0 Å². The van der Waals surface area contributed by atoms with Crippen molar-refractivity contribution in [3.63, 3.8) is 0 Å². The van der Waals surface area contributed by atoms with E-state index in [1.165, 1.54) is 11.6 Å². The van der Waals surface area contributed by atoms with E-state index in [1.807, 2.05) is 13.8 Å². The van der Waals surface area contributed by atoms with Gasteiger partial charge in [-0.3, -0.25) is 0 Å². The molecule has 0 aromatic heterocycles. The lowest BCUT2D eigenvalue weighted by atomic mass is 9.60. The summed E-state index contributed by atoms with van der Waals surface area (Å²) in [6.07, 6.45) is 3.65. The zero-order chi connectivity index (χ0) is 19.0. The van der Waals surface area contributed by atoms with Crippen LogP contribution >= 0.6 is 0 Å². The van der Waals surface area contributed by atoms with Gasteiger partial charge in [-0.25, -0.2) is 8.78 Å². The molecule has 1 aliphatic carbocycles. The molecule has 0 bridgehead atoms. The SMILES string of the molecule is C=C(C)C(C(=C)C)=C(C)C1(C)CCCC1(C)Cc1cccc(F)c1F. The smallest absolute Gasteiger partial charge is 0.162 e. The first-order valence-electron chi connectivity index (χ1n) is 8.99. The van der Waals surface area contributed by atoms with Crippen LogP contribution in [0, 0.1) is 22.5 Å². The molecule has 2 rings (SSSR count). The Morgan fingerprint density at radius 1 is 1.04 bits per heavy atom. The standard InChI is InChI=1S/C23H30F2/c1-15(2)20(16(3)4)17(5)23(7)13-9-12-22(23,6)14-18-10-8-11-19(24)21(18)25/h8,10-11H,1,3,9,12-14H2,2,4-7H3. The van der Waals surface area contributed by atoms with Crippen molar-refractivity contribution in [1.82, 2.24) is 0 Å². The summed E-state index contributed by atoms with van der Waals surface area (Å²) in [5.41, 5.74) is 4.66. The molecule has 0 saturated heterocycles. The van der Waals surface area contributed by atoms with Crippen molar-refractivity contribution in [2.24, 2.45) is 10.8 Å². The first-order valence-corrected chi connectivity index (χ1v) is 8.99. The van der Waals surface area contributed by atoms with Crippen LogP contribution < -0.4 is 0 Å². The van der Waals surface area contributed by atoms with Crippen molar-refractivity contribution in [2.75, 3.05) is 0 Å². The normalized spacial score (nSPS) is 25.7. The van der Waals surface area contributed by atoms with Gasteiger partial charge in [0.05, 0.1) is 0 Å². The summed E-state index contributed by atoms with van der Waals surface area (Å²) < 4.78 is 27.9. The molecule has 1 aromatic carbocycles. The van der Waals surface area contributed by atoms with Crippen molar-refractivity contribution >= 4 is 0 Å². The molecule has 25 heavy (non-hydrogen) atoms. The third-order valence-corrected chi connectivity index (χ3v) is 6.41. The molecule has 1 aromatic rings. The van der Waals surface area contributed by atoms with Gasteiger partial charge in [0.25, 0.3) is 0 Å². The molecule has 0 amide bonds. The number of hydrogen-bond acceptors (Lipinski definition) is 0. The Bertz CT molecular complexity index is 724. The summed E-state index contributed by atoms with van der Waals surface area (Å²) >= 11 is 0. The molecule has 2 unspecified atom stereocenters. The van der Waals surface area contributed by atoms with Gasteiger partial charge in [0.1, 0.15) is 0 Å². The molecular formula is C23H30F2. The fourth-order valence-electron chi connectivity index (χ4n) is 4.72. The van der Waals surface area contributed by atoms with E-state index in [1.54, 1.807) is 12.1 Å². The minimum Gasteiger partial charge on any atom is -0.204 e. The summed E-state index contributed by atoms with van der Waals surface area (Å²) in [6, 6.07) is 4.49. The van der Waals surface area contributed by atoms with Gasteiger partial charge in [0, 0.05) is 0 Å². The zero-order valence-electron chi connectivity index (χ0n) is 16.2. The molecule has 1 saturated carbocycles. The van der Waals surface area contributed by atoms with Gasteiger partial charge >= 0.3 is 0 Å². The molecule has 0 nitrogen and oxygen atoms in total. The highest BCUT2D eigenvalue weighted by atomic mass is 19.2. The molecule has 0 heterocycles. The molecule has 2 atom stereocenters. The first kappa shape index (κ1) is 19.6. The van der Waals surface area contributed by atoms with Crippen LogP contribution in [-0.4, -0.2) is 0 Å². The number of benzene rings is 1. The summed E-state index contributed by atoms with van der Waals surface area (Å²) in [5.74, 6) is -1.47. The van der Waals surface area contributed by atoms with Gasteiger partial charge in [-0.2, -0.15) is 0 Å². The Balaban J connectivity index is 2.53. The summed E-state index contributed by atoms with van der Waals surface area (Å²) in [7, 11) is 0. The van der Waals surface area contributed by atoms with Crippen molar-refractivity contribution in [3.05, 3.63) is 70.8 Å². The Labute approximate surface area is 151 Å². The molecule has 0 aliphatic heterocycles. The average Bonchev–Trinajstić information content (AvgIpc) is 2.80. The second kappa shape index (κ2) is 6.90. The fraction of sp³-hybridized carbons (Fsp3) is 0.478. The number of allylic oxidation sites excluding steroid dienone is 4. The van der Waals surface area contributed by atoms with E-state index in [9.17, 15) is 8.78 Å². The van der Waals surface area contributed by atoms with Gasteiger partial charge in [0.15, 0.2) is 11.6 Å². The fourth-order valence-corrected chi connectivity index (χ4v) is 4.72. The lowest BCUT2D eigenvalue weighted by Gasteiger charge is -2.44. The number of rotatable bonds is 5. The average molecular weight is 344 g/mol. The topological polar surface area (TPSA) is 0 Å². The lowest BCUT2D eigenvalue weighted by molar-refractivity contribution is 0.148. The first-order chi connectivity index (χ1) is 11.5. The predicted octanol–water partition coefficient (Wildman–Crippen LogP) is 7.17. The van der Waals surface area contributed by atoms with Crippen LogP contribution in [0.25, 0.3) is 0 Å². The van der Waals surface area contributed by atoms with Crippen LogP contribution in [0.4, 0.5) is 8.78 Å². The quantitative estimate of drug-likeness (QED) is 0.497.